The molecule has 2 rings (SSSR count). The summed E-state index contributed by atoms with van der Waals surface area (Å²) in [7, 11) is 0. The van der Waals surface area contributed by atoms with Crippen molar-refractivity contribution in [1.29, 1.82) is 0 Å². The lowest BCUT2D eigenvalue weighted by molar-refractivity contribution is 0.0735. The minimum atomic E-state index is 0.287. The van der Waals surface area contributed by atoms with Gasteiger partial charge in [-0.25, -0.2) is 0 Å². The van der Waals surface area contributed by atoms with Crippen molar-refractivity contribution in [3.8, 4) is 0 Å². The van der Waals surface area contributed by atoms with E-state index in [2.05, 4.69) is 16.7 Å². The van der Waals surface area contributed by atoms with Crippen LogP contribution in [0.5, 0.6) is 0 Å². The fraction of sp³-hybridized carbons (Fsp3) is 0.929. The molecule has 2 heterocycles. The molecule has 0 aliphatic carbocycles. The number of nitrogens with two attached hydrogens (primary N) is 1. The normalized spacial score (nSPS) is 27.5. The Bertz CT molecular complexity index is 286. The Morgan fingerprint density at radius 2 is 2.11 bits per heavy atom. The third-order valence-corrected chi connectivity index (χ3v) is 4.63. The fourth-order valence-corrected chi connectivity index (χ4v) is 3.45. The molecule has 19 heavy (non-hydrogen) atoms. The molecule has 2 atom stereocenters. The van der Waals surface area contributed by atoms with Crippen LogP contribution in [0.4, 0.5) is 0 Å². The van der Waals surface area contributed by atoms with E-state index in [0.717, 1.165) is 39.2 Å². The van der Waals surface area contributed by atoms with E-state index in [9.17, 15) is 0 Å². The molecule has 5 heteroatoms. The van der Waals surface area contributed by atoms with Gasteiger partial charge in [0, 0.05) is 39.3 Å². The smallest absolute Gasteiger partial charge is 0.0901 e. The van der Waals surface area contributed by atoms with Gasteiger partial charge in [-0.15, -0.1) is 0 Å². The molecule has 2 aliphatic heterocycles. The second kappa shape index (κ2) is 7.53. The van der Waals surface area contributed by atoms with Gasteiger partial charge >= 0.3 is 0 Å². The fourth-order valence-electron chi connectivity index (χ4n) is 3.14. The van der Waals surface area contributed by atoms with Crippen LogP contribution in [0.1, 0.15) is 32.6 Å². The zero-order valence-electron chi connectivity index (χ0n) is 12.0. The van der Waals surface area contributed by atoms with Crippen molar-refractivity contribution in [1.82, 2.24) is 9.80 Å². The largest absolute Gasteiger partial charge is 0.392 e. The zero-order chi connectivity index (χ0) is 13.7. The molecule has 2 N–H and O–H groups in total. The van der Waals surface area contributed by atoms with Gasteiger partial charge in [0.1, 0.15) is 0 Å². The van der Waals surface area contributed by atoms with E-state index in [-0.39, 0.29) is 6.04 Å². The van der Waals surface area contributed by atoms with Gasteiger partial charge in [0.15, 0.2) is 0 Å². The molecule has 0 spiro atoms. The first-order valence-corrected chi connectivity index (χ1v) is 7.99. The molecule has 110 valence electrons. The molecule has 2 fully saturated rings. The van der Waals surface area contributed by atoms with Crippen molar-refractivity contribution in [2.24, 2.45) is 5.73 Å². The maximum absolute atomic E-state index is 5.81. The summed E-state index contributed by atoms with van der Waals surface area (Å²) >= 11 is 5.16. The molecule has 0 aromatic carbocycles. The van der Waals surface area contributed by atoms with Crippen LogP contribution in [0, 0.1) is 0 Å². The van der Waals surface area contributed by atoms with Gasteiger partial charge in [-0.05, 0) is 25.7 Å². The van der Waals surface area contributed by atoms with Crippen molar-refractivity contribution in [2.75, 3.05) is 39.3 Å². The molecule has 2 aliphatic rings. The SMILES string of the molecule is CCC(C(N)=S)N1CCN(CCC2CCCO2)CC1. The number of ether oxygens (including phenoxy) is 1. The van der Waals surface area contributed by atoms with Gasteiger partial charge < -0.3 is 15.4 Å². The molecule has 0 aromatic rings. The van der Waals surface area contributed by atoms with Gasteiger partial charge in [0.25, 0.3) is 0 Å². The van der Waals surface area contributed by atoms with Gasteiger partial charge in [-0.2, -0.15) is 0 Å². The van der Waals surface area contributed by atoms with Crippen LogP contribution in [0.3, 0.4) is 0 Å². The topological polar surface area (TPSA) is 41.7 Å². The summed E-state index contributed by atoms with van der Waals surface area (Å²) < 4.78 is 5.68. The highest BCUT2D eigenvalue weighted by Gasteiger charge is 2.25. The summed E-state index contributed by atoms with van der Waals surface area (Å²) in [6.07, 6.45) is 5.21. The maximum Gasteiger partial charge on any atom is 0.0901 e. The average molecular weight is 285 g/mol. The minimum absolute atomic E-state index is 0.287. The molecule has 0 aromatic heterocycles. The summed E-state index contributed by atoms with van der Waals surface area (Å²) in [5, 5.41) is 0. The zero-order valence-corrected chi connectivity index (χ0v) is 12.8. The Balaban J connectivity index is 1.68. The van der Waals surface area contributed by atoms with E-state index in [1.165, 1.54) is 25.8 Å². The third kappa shape index (κ3) is 4.38. The number of nitrogens with zero attached hydrogens (tertiary/aromatic N) is 2. The summed E-state index contributed by atoms with van der Waals surface area (Å²) in [6, 6.07) is 0.287. The molecule has 0 radical (unpaired) electrons. The van der Waals surface area contributed by atoms with Crippen LogP contribution in [-0.4, -0.2) is 66.3 Å². The van der Waals surface area contributed by atoms with E-state index in [1.54, 1.807) is 0 Å². The Morgan fingerprint density at radius 1 is 1.37 bits per heavy atom. The Kier molecular flexibility index (Phi) is 6.01. The van der Waals surface area contributed by atoms with Crippen LogP contribution in [0.25, 0.3) is 0 Å². The highest BCUT2D eigenvalue weighted by Crippen LogP contribution is 2.16. The van der Waals surface area contributed by atoms with Crippen LogP contribution < -0.4 is 5.73 Å². The van der Waals surface area contributed by atoms with Crippen molar-refractivity contribution in [3.63, 3.8) is 0 Å². The molecule has 2 saturated heterocycles. The summed E-state index contributed by atoms with van der Waals surface area (Å²) in [6.45, 7) is 8.72. The van der Waals surface area contributed by atoms with Crippen LogP contribution >= 0.6 is 12.2 Å². The second-order valence-corrected chi connectivity index (χ2v) is 6.10. The van der Waals surface area contributed by atoms with Gasteiger partial charge in [0.2, 0.25) is 0 Å². The molecular formula is C14H27N3OS. The van der Waals surface area contributed by atoms with Gasteiger partial charge in [-0.1, -0.05) is 19.1 Å². The van der Waals surface area contributed by atoms with Crippen LogP contribution in [0.2, 0.25) is 0 Å². The monoisotopic (exact) mass is 285 g/mol. The number of hydrogen-bond donors (Lipinski definition) is 1. The van der Waals surface area contributed by atoms with Crippen molar-refractivity contribution >= 4 is 17.2 Å². The molecule has 0 saturated carbocycles. The quantitative estimate of drug-likeness (QED) is 0.744. The molecule has 2 unspecified atom stereocenters. The summed E-state index contributed by atoms with van der Waals surface area (Å²) in [5.41, 5.74) is 5.81. The first-order chi connectivity index (χ1) is 9.20. The summed E-state index contributed by atoms with van der Waals surface area (Å²) in [4.78, 5) is 5.63. The van der Waals surface area contributed by atoms with Crippen LogP contribution in [-0.2, 0) is 4.74 Å². The van der Waals surface area contributed by atoms with E-state index in [0.29, 0.717) is 11.1 Å². The van der Waals surface area contributed by atoms with Crippen molar-refractivity contribution in [3.05, 3.63) is 0 Å². The Morgan fingerprint density at radius 3 is 2.63 bits per heavy atom. The predicted molar refractivity (Wildman–Crippen MR) is 82.5 cm³/mol. The lowest BCUT2D eigenvalue weighted by atomic mass is 10.1. The molecule has 0 amide bonds. The lowest BCUT2D eigenvalue weighted by Gasteiger charge is -2.38. The Hall–Kier alpha value is -0.230. The highest BCUT2D eigenvalue weighted by atomic mass is 32.1. The molecule has 0 bridgehead atoms. The minimum Gasteiger partial charge on any atom is -0.392 e. The van der Waals surface area contributed by atoms with Crippen molar-refractivity contribution < 1.29 is 4.74 Å². The van der Waals surface area contributed by atoms with Gasteiger partial charge in [0.05, 0.1) is 17.1 Å². The molecular weight excluding hydrogens is 258 g/mol. The van der Waals surface area contributed by atoms with E-state index in [4.69, 9.17) is 22.7 Å². The standard InChI is InChI=1S/C14H27N3OS/c1-2-13(14(15)19)17-9-7-16(8-10-17)6-5-12-4-3-11-18-12/h12-13H,2-11H2,1H3,(H2,15,19). The first-order valence-electron chi connectivity index (χ1n) is 7.58. The van der Waals surface area contributed by atoms with E-state index >= 15 is 0 Å². The number of piperazine rings is 1. The Labute approximate surface area is 122 Å². The van der Waals surface area contributed by atoms with E-state index in [1.807, 2.05) is 0 Å². The van der Waals surface area contributed by atoms with Crippen molar-refractivity contribution in [2.45, 2.75) is 44.8 Å². The average Bonchev–Trinajstić information content (AvgIpc) is 2.91. The predicted octanol–water partition coefficient (Wildman–Crippen LogP) is 1.24. The van der Waals surface area contributed by atoms with Gasteiger partial charge in [-0.3, -0.25) is 4.90 Å². The van der Waals surface area contributed by atoms with E-state index < -0.39 is 0 Å². The maximum atomic E-state index is 5.81. The number of rotatable bonds is 6. The first kappa shape index (κ1) is 15.2. The number of thiocarbonyl (C=S) groups is 1. The van der Waals surface area contributed by atoms with Crippen LogP contribution in [0.15, 0.2) is 0 Å². The third-order valence-electron chi connectivity index (χ3n) is 4.35. The summed E-state index contributed by atoms with van der Waals surface area (Å²) in [5.74, 6) is 0. The molecule has 4 nitrogen and oxygen atoms in total. The number of hydrogen-bond acceptors (Lipinski definition) is 4. The second-order valence-electron chi connectivity index (χ2n) is 5.63. The highest BCUT2D eigenvalue weighted by molar-refractivity contribution is 7.80. The lowest BCUT2D eigenvalue weighted by Crippen LogP contribution is -2.53.